The first-order valence-electron chi connectivity index (χ1n) is 13.9. The van der Waals surface area contributed by atoms with Gasteiger partial charge in [-0.1, -0.05) is 41.5 Å². The summed E-state index contributed by atoms with van der Waals surface area (Å²) in [6.07, 6.45) is -1.62. The van der Waals surface area contributed by atoms with Crippen LogP contribution in [0.2, 0.25) is 0 Å². The summed E-state index contributed by atoms with van der Waals surface area (Å²) >= 11 is 0. The van der Waals surface area contributed by atoms with Crippen molar-refractivity contribution in [3.8, 4) is 0 Å². The van der Waals surface area contributed by atoms with Gasteiger partial charge < -0.3 is 30.2 Å². The van der Waals surface area contributed by atoms with Gasteiger partial charge in [0, 0.05) is 0 Å². The highest BCUT2D eigenvalue weighted by Crippen LogP contribution is 2.25. The normalized spacial score (nSPS) is 37.1. The molecule has 4 aliphatic rings. The third-order valence-electron chi connectivity index (χ3n) is 7.55. The molecule has 3 N–H and O–H groups in total. The summed E-state index contributed by atoms with van der Waals surface area (Å²) in [7, 11) is 0. The average Bonchev–Trinajstić information content (AvgIpc) is 3.54. The fraction of sp³-hybridized carbons (Fsp3) is 0.778. The van der Waals surface area contributed by atoms with Crippen LogP contribution in [0.5, 0.6) is 0 Å². The SMILES string of the molecule is CC(C)[C@@H]1NC(=O)[C@@H]2N=C(O[C@H]2C)[C@H](C(C)C)NC(=O)[C@@H]2N=C(O[C@H]2C)[C@H](C(C)C)NC(=O)[C@@H]2N=C1O[C@H]2C. The van der Waals surface area contributed by atoms with Gasteiger partial charge in [-0.2, -0.15) is 0 Å². The Morgan fingerprint density at radius 2 is 0.744 bits per heavy atom. The number of amides is 3. The van der Waals surface area contributed by atoms with Crippen molar-refractivity contribution in [3.63, 3.8) is 0 Å². The average molecular weight is 547 g/mol. The highest BCUT2D eigenvalue weighted by molar-refractivity contribution is 5.99. The van der Waals surface area contributed by atoms with E-state index >= 15 is 0 Å². The van der Waals surface area contributed by atoms with Crippen molar-refractivity contribution < 1.29 is 28.6 Å². The van der Waals surface area contributed by atoms with E-state index in [2.05, 4.69) is 30.9 Å². The molecule has 0 radical (unpaired) electrons. The number of nitrogens with zero attached hydrogens (tertiary/aromatic N) is 3. The lowest BCUT2D eigenvalue weighted by atomic mass is 10.0. The van der Waals surface area contributed by atoms with Gasteiger partial charge in [0.25, 0.3) is 0 Å². The van der Waals surface area contributed by atoms with Crippen LogP contribution in [0.4, 0.5) is 0 Å². The number of carbonyl (C=O) groups is 3. The molecule has 12 heteroatoms. The van der Waals surface area contributed by atoms with Crippen LogP contribution in [0.15, 0.2) is 15.0 Å². The Morgan fingerprint density at radius 1 is 0.513 bits per heavy atom. The molecule has 0 saturated carbocycles. The van der Waals surface area contributed by atoms with Gasteiger partial charge in [0.05, 0.1) is 0 Å². The maximum atomic E-state index is 13.4. The molecule has 4 heterocycles. The Balaban J connectivity index is 1.76. The summed E-state index contributed by atoms with van der Waals surface area (Å²) in [4.78, 5) is 54.0. The molecule has 4 aliphatic heterocycles. The van der Waals surface area contributed by atoms with Crippen molar-refractivity contribution in [2.45, 2.75) is 117 Å². The van der Waals surface area contributed by atoms with Gasteiger partial charge in [-0.05, 0) is 38.5 Å². The molecule has 0 unspecified atom stereocenters. The van der Waals surface area contributed by atoms with Crippen LogP contribution in [0.25, 0.3) is 0 Å². The Labute approximate surface area is 229 Å². The number of carbonyl (C=O) groups excluding carboxylic acids is 3. The molecule has 3 amide bonds. The first kappa shape index (κ1) is 28.8. The second-order valence-corrected chi connectivity index (χ2v) is 11.9. The quantitative estimate of drug-likeness (QED) is 0.480. The lowest BCUT2D eigenvalue weighted by Gasteiger charge is -2.24. The molecule has 12 nitrogen and oxygen atoms in total. The first-order valence-corrected chi connectivity index (χ1v) is 13.9. The maximum absolute atomic E-state index is 13.4. The van der Waals surface area contributed by atoms with Crippen LogP contribution in [-0.2, 0) is 28.6 Å². The molecule has 0 fully saturated rings. The van der Waals surface area contributed by atoms with Crippen LogP contribution >= 0.6 is 0 Å². The van der Waals surface area contributed by atoms with Gasteiger partial charge in [0.2, 0.25) is 35.4 Å². The zero-order chi connectivity index (χ0) is 28.8. The van der Waals surface area contributed by atoms with E-state index in [-0.39, 0.29) is 35.5 Å². The van der Waals surface area contributed by atoms with Crippen molar-refractivity contribution in [3.05, 3.63) is 0 Å². The number of nitrogens with one attached hydrogen (secondary N) is 3. The standard InChI is InChI=1S/C27H42N6O6/c1-10(2)16-25-31-20(13(7)37-25)23(35)29-18(12(5)6)27-33-21(15(9)39-27)24(36)30-17(11(3)4)26-32-19(14(8)38-26)22(34)28-16/h10-21H,1-9H3,(H,28,34)(H,29,35)(H,30,36)/t13-,14-,15-,16-,17-,18-,19+,20+,21+/m0/s1. The largest absolute Gasteiger partial charge is 0.474 e. The number of fused-ring (bicyclic) bond motifs is 3. The van der Waals surface area contributed by atoms with Crippen LogP contribution in [0, 0.1) is 17.8 Å². The van der Waals surface area contributed by atoms with Crippen molar-refractivity contribution in [1.82, 2.24) is 16.0 Å². The van der Waals surface area contributed by atoms with Crippen molar-refractivity contribution in [1.29, 1.82) is 0 Å². The van der Waals surface area contributed by atoms with E-state index in [9.17, 15) is 14.4 Å². The minimum absolute atomic E-state index is 0.0702. The minimum atomic E-state index is -0.818. The van der Waals surface area contributed by atoms with Crippen LogP contribution in [0.1, 0.15) is 62.3 Å². The van der Waals surface area contributed by atoms with Crippen molar-refractivity contribution in [2.24, 2.45) is 32.7 Å². The lowest BCUT2D eigenvalue weighted by molar-refractivity contribution is -0.125. The number of aliphatic imine (C=N–C) groups is 3. The summed E-state index contributed by atoms with van der Waals surface area (Å²) in [6, 6.07) is -4.14. The topological polar surface area (TPSA) is 152 Å². The Kier molecular flexibility index (Phi) is 8.22. The smallest absolute Gasteiger partial charge is 0.249 e. The third kappa shape index (κ3) is 5.74. The molecule has 0 aliphatic carbocycles. The molecule has 0 aromatic heterocycles. The van der Waals surface area contributed by atoms with E-state index < -0.39 is 54.6 Å². The molecule has 4 rings (SSSR count). The third-order valence-corrected chi connectivity index (χ3v) is 7.55. The molecule has 0 aromatic rings. The second kappa shape index (κ2) is 11.1. The maximum Gasteiger partial charge on any atom is 0.249 e. The number of hydrogen-bond acceptors (Lipinski definition) is 9. The van der Waals surface area contributed by atoms with Gasteiger partial charge in [-0.15, -0.1) is 0 Å². The summed E-state index contributed by atoms with van der Waals surface area (Å²) in [5.74, 6) is -0.323. The Bertz CT molecular complexity index is 952. The lowest BCUT2D eigenvalue weighted by Crippen LogP contribution is -2.49. The highest BCUT2D eigenvalue weighted by Gasteiger charge is 2.45. The van der Waals surface area contributed by atoms with Gasteiger partial charge in [0.1, 0.15) is 36.4 Å². The summed E-state index contributed by atoms with van der Waals surface area (Å²) < 4.78 is 18.0. The number of hydrogen-bond donors (Lipinski definition) is 3. The van der Waals surface area contributed by atoms with Crippen LogP contribution < -0.4 is 16.0 Å². The molecule has 0 aromatic carbocycles. The number of ether oxygens (including phenoxy) is 3. The second-order valence-electron chi connectivity index (χ2n) is 11.9. The van der Waals surface area contributed by atoms with E-state index in [1.807, 2.05) is 41.5 Å². The van der Waals surface area contributed by atoms with E-state index in [4.69, 9.17) is 14.2 Å². The Morgan fingerprint density at radius 3 is 0.949 bits per heavy atom. The fourth-order valence-electron chi connectivity index (χ4n) is 5.11. The molecular weight excluding hydrogens is 504 g/mol. The minimum Gasteiger partial charge on any atom is -0.474 e. The van der Waals surface area contributed by atoms with Crippen LogP contribution in [0.3, 0.4) is 0 Å². The van der Waals surface area contributed by atoms with E-state index in [1.165, 1.54) is 0 Å². The van der Waals surface area contributed by atoms with E-state index in [0.29, 0.717) is 17.7 Å². The predicted molar refractivity (Wildman–Crippen MR) is 146 cm³/mol. The molecule has 9 atom stereocenters. The van der Waals surface area contributed by atoms with E-state index in [1.54, 1.807) is 20.8 Å². The van der Waals surface area contributed by atoms with Gasteiger partial charge >= 0.3 is 0 Å². The summed E-state index contributed by atoms with van der Waals surface area (Å²) in [5, 5.41) is 9.03. The molecule has 0 spiro atoms. The zero-order valence-corrected chi connectivity index (χ0v) is 24.2. The highest BCUT2D eigenvalue weighted by atomic mass is 16.5. The predicted octanol–water partition coefficient (Wildman–Crippen LogP) is 0.980. The van der Waals surface area contributed by atoms with Gasteiger partial charge in [0.15, 0.2) is 18.1 Å². The molecular formula is C27H42N6O6. The fourth-order valence-corrected chi connectivity index (χ4v) is 5.11. The van der Waals surface area contributed by atoms with Crippen LogP contribution in [-0.4, -0.2) is 90.0 Å². The van der Waals surface area contributed by atoms with Crippen molar-refractivity contribution >= 4 is 35.4 Å². The monoisotopic (exact) mass is 546 g/mol. The number of rotatable bonds is 3. The molecule has 0 saturated heterocycles. The van der Waals surface area contributed by atoms with Gasteiger partial charge in [-0.3, -0.25) is 14.4 Å². The molecule has 6 bridgehead atoms. The molecule has 216 valence electrons. The Hall–Kier alpha value is -3.18. The van der Waals surface area contributed by atoms with Crippen molar-refractivity contribution in [2.75, 3.05) is 0 Å². The summed E-state index contributed by atoms with van der Waals surface area (Å²) in [6.45, 7) is 17.0. The molecule has 39 heavy (non-hydrogen) atoms. The zero-order valence-electron chi connectivity index (χ0n) is 24.2. The van der Waals surface area contributed by atoms with Gasteiger partial charge in [-0.25, -0.2) is 15.0 Å². The van der Waals surface area contributed by atoms with E-state index in [0.717, 1.165) is 0 Å². The first-order chi connectivity index (χ1) is 18.3. The summed E-state index contributed by atoms with van der Waals surface area (Å²) in [5.41, 5.74) is 0.